The predicted molar refractivity (Wildman–Crippen MR) is 139 cm³/mol. The Hall–Kier alpha value is 1.62. The summed E-state index contributed by atoms with van der Waals surface area (Å²) in [5.74, 6) is 0. The molecule has 0 spiro atoms. The van der Waals surface area contributed by atoms with Crippen molar-refractivity contribution in [2.24, 2.45) is 0 Å². The monoisotopic (exact) mass is 810 g/mol. The molecule has 0 aliphatic heterocycles. The van der Waals surface area contributed by atoms with E-state index in [1.165, 1.54) is 0 Å². The molecule has 11 heteroatoms. The minimum atomic E-state index is -4.33. The van der Waals surface area contributed by atoms with E-state index in [0.717, 1.165) is 30.5 Å². The molecule has 0 aliphatic carbocycles. The van der Waals surface area contributed by atoms with Gasteiger partial charge in [0.2, 0.25) is 0 Å². The first-order chi connectivity index (χ1) is 12.9. The van der Waals surface area contributed by atoms with E-state index in [2.05, 4.69) is 125 Å². The van der Waals surface area contributed by atoms with Crippen molar-refractivity contribution >= 4 is 121 Å². The fourth-order valence-corrected chi connectivity index (χ4v) is 3.01. The van der Waals surface area contributed by atoms with Crippen LogP contribution in [-0.2, 0) is 0 Å². The van der Waals surface area contributed by atoms with E-state index >= 15 is 0 Å². The van der Waals surface area contributed by atoms with Crippen LogP contribution >= 0.6 is 91.9 Å². The van der Waals surface area contributed by atoms with Crippen molar-refractivity contribution in [2.45, 2.75) is 0 Å². The van der Waals surface area contributed by atoms with Gasteiger partial charge in [-0.3, -0.25) is 0 Å². The van der Waals surface area contributed by atoms with Crippen LogP contribution < -0.4 is 17.3 Å². The quantitative estimate of drug-likeness (QED) is 0.191. The van der Waals surface area contributed by atoms with Gasteiger partial charge in [-0.05, 0) is 36.4 Å². The van der Waals surface area contributed by atoms with E-state index in [1.54, 1.807) is 0 Å². The number of halogens is 9. The molecule has 1 nitrogen and oxygen atoms in total. The SMILES string of the molecule is Brc1ccc([N+](c2ccc(Br)cc2)c2ccc(Br)cc2)cc1.[Cl-].[Cl][Sb]([Cl])([Cl])([Cl])[Cl]. The van der Waals surface area contributed by atoms with Gasteiger partial charge in [-0.2, -0.15) is 0 Å². The summed E-state index contributed by atoms with van der Waals surface area (Å²) >= 11 is 6.16. The number of hydrogen-bond acceptors (Lipinski definition) is 1. The normalized spacial score (nSPS) is 12.2. The zero-order valence-electron chi connectivity index (χ0n) is 14.2. The molecule has 0 unspecified atom stereocenters. The van der Waals surface area contributed by atoms with Crippen molar-refractivity contribution in [3.05, 3.63) is 86.2 Å². The van der Waals surface area contributed by atoms with Gasteiger partial charge in [0.15, 0.2) is 17.1 Å². The van der Waals surface area contributed by atoms with Gasteiger partial charge in [0.25, 0.3) is 0 Å². The van der Waals surface area contributed by atoms with E-state index in [4.69, 9.17) is 44.1 Å². The van der Waals surface area contributed by atoms with Gasteiger partial charge < -0.3 is 12.4 Å². The van der Waals surface area contributed by atoms with Gasteiger partial charge in [0.1, 0.15) is 0 Å². The number of rotatable bonds is 3. The maximum atomic E-state index is 5.05. The van der Waals surface area contributed by atoms with Crippen molar-refractivity contribution in [1.82, 2.24) is 4.90 Å². The summed E-state index contributed by atoms with van der Waals surface area (Å²) in [7, 11) is 25.2. The Morgan fingerprint density at radius 1 is 0.483 bits per heavy atom. The second-order valence-electron chi connectivity index (χ2n) is 5.40. The second kappa shape index (κ2) is 12.2. The Morgan fingerprint density at radius 2 is 0.655 bits per heavy atom. The van der Waals surface area contributed by atoms with Crippen molar-refractivity contribution < 1.29 is 12.4 Å². The second-order valence-corrected chi connectivity index (χ2v) is 46.1. The average molecular weight is 816 g/mol. The Bertz CT molecular complexity index is 788. The number of hydrogen-bond donors (Lipinski definition) is 0. The first kappa shape index (κ1) is 28.7. The van der Waals surface area contributed by atoms with Gasteiger partial charge in [0.05, 0.1) is 0 Å². The molecule has 0 saturated carbocycles. The van der Waals surface area contributed by atoms with Gasteiger partial charge in [-0.25, -0.2) is 0 Å². The third-order valence-electron chi connectivity index (χ3n) is 3.25. The van der Waals surface area contributed by atoms with Crippen molar-refractivity contribution in [1.29, 1.82) is 0 Å². The fourth-order valence-electron chi connectivity index (χ4n) is 2.22. The molecular formula is C18H12Br3Cl6NSb. The van der Waals surface area contributed by atoms with Crippen LogP contribution in [0.1, 0.15) is 0 Å². The molecule has 0 N–H and O–H groups in total. The Morgan fingerprint density at radius 3 is 0.828 bits per heavy atom. The minimum absolute atomic E-state index is 0. The van der Waals surface area contributed by atoms with Gasteiger partial charge >= 0.3 is 55.8 Å². The zero-order valence-corrected chi connectivity index (χ0v) is 26.1. The summed E-state index contributed by atoms with van der Waals surface area (Å²) < 4.78 is 3.22. The topological polar surface area (TPSA) is 5.90 Å². The molecule has 0 atom stereocenters. The van der Waals surface area contributed by atoms with Crippen molar-refractivity contribution in [3.8, 4) is 0 Å². The van der Waals surface area contributed by atoms with Crippen molar-refractivity contribution in [3.63, 3.8) is 0 Å². The summed E-state index contributed by atoms with van der Waals surface area (Å²) in [6, 6.07) is 25.0. The summed E-state index contributed by atoms with van der Waals surface area (Å²) in [5, 5.41) is 0. The van der Waals surface area contributed by atoms with Crippen molar-refractivity contribution in [2.75, 3.05) is 0 Å². The average Bonchev–Trinajstić information content (AvgIpc) is 2.58. The van der Waals surface area contributed by atoms with Gasteiger partial charge in [-0.15, -0.1) is 0 Å². The molecule has 0 saturated heterocycles. The summed E-state index contributed by atoms with van der Waals surface area (Å²) in [6.07, 6.45) is 0. The summed E-state index contributed by atoms with van der Waals surface area (Å²) in [5.41, 5.74) is 3.36. The third-order valence-corrected chi connectivity index (χ3v) is 4.84. The number of anilines is 3. The van der Waals surface area contributed by atoms with Crippen LogP contribution in [0.25, 0.3) is 0 Å². The fraction of sp³-hybridized carbons (Fsp3) is 0. The maximum absolute atomic E-state index is 5.05. The van der Waals surface area contributed by atoms with Crippen LogP contribution in [0.15, 0.2) is 86.2 Å². The molecule has 0 aliphatic rings. The molecule has 0 bridgehead atoms. The van der Waals surface area contributed by atoms with Gasteiger partial charge in [-0.1, -0.05) is 52.7 Å². The van der Waals surface area contributed by atoms with E-state index in [1.807, 2.05) is 0 Å². The van der Waals surface area contributed by atoms with Crippen LogP contribution in [0.4, 0.5) is 17.1 Å². The number of nitrogens with zero attached hydrogens (tertiary/aromatic N) is 1. The molecule has 157 valence electrons. The van der Waals surface area contributed by atoms with Crippen LogP contribution in [-0.4, -0.2) is 11.7 Å². The first-order valence-corrected chi connectivity index (χ1v) is 26.1. The van der Waals surface area contributed by atoms with Gasteiger partial charge in [0, 0.05) is 49.8 Å². The van der Waals surface area contributed by atoms with Crippen LogP contribution in [0.3, 0.4) is 0 Å². The molecule has 3 aromatic carbocycles. The standard InChI is InChI=1S/C18H12Br3N.6ClH.Sb/c19-13-1-7-16(8-2-13)22(17-9-3-14(20)4-10-17)18-11-5-15(21)6-12-18;;;;;;;/h1-12H;6*1H;/q+1;;;;;;;+5/p-6. The first-order valence-electron chi connectivity index (χ1n) is 7.55. The molecule has 1 radical (unpaired) electrons. The van der Waals surface area contributed by atoms with Crippen LogP contribution in [0.5, 0.6) is 0 Å². The number of benzene rings is 3. The third kappa shape index (κ3) is 11.9. The molecule has 0 heterocycles. The van der Waals surface area contributed by atoms with E-state index in [9.17, 15) is 0 Å². The molecule has 0 aromatic heterocycles. The predicted octanol–water partition coefficient (Wildman–Crippen LogP) is 7.48. The molecule has 0 fully saturated rings. The van der Waals surface area contributed by atoms with E-state index in [0.29, 0.717) is 0 Å². The van der Waals surface area contributed by atoms with Crippen LogP contribution in [0.2, 0.25) is 0 Å². The Kier molecular flexibility index (Phi) is 12.0. The molecule has 3 rings (SSSR count). The summed E-state index contributed by atoms with van der Waals surface area (Å²) in [4.78, 5) is 2.23. The summed E-state index contributed by atoms with van der Waals surface area (Å²) in [6.45, 7) is 0. The molecule has 3 aromatic rings. The zero-order chi connectivity index (χ0) is 21.0. The molecular weight excluding hydrogens is 804 g/mol. The molecule has 29 heavy (non-hydrogen) atoms. The van der Waals surface area contributed by atoms with Crippen LogP contribution in [0, 0.1) is 0 Å². The molecule has 0 amide bonds. The van der Waals surface area contributed by atoms with E-state index in [-0.39, 0.29) is 12.4 Å². The Balaban J connectivity index is 0.000000529. The Labute approximate surface area is 221 Å². The van der Waals surface area contributed by atoms with E-state index < -0.39 is 11.7 Å².